The molecule has 3 aromatic rings. The Kier molecular flexibility index (Phi) is 3.55. The van der Waals surface area contributed by atoms with Crippen LogP contribution >= 0.6 is 0 Å². The molecule has 0 unspecified atom stereocenters. The minimum absolute atomic E-state index is 0.0210. The van der Waals surface area contributed by atoms with Crippen molar-refractivity contribution in [1.29, 1.82) is 0 Å². The van der Waals surface area contributed by atoms with E-state index in [4.69, 9.17) is 4.42 Å². The first kappa shape index (κ1) is 13.2. The van der Waals surface area contributed by atoms with Crippen molar-refractivity contribution in [2.45, 2.75) is 6.54 Å². The summed E-state index contributed by atoms with van der Waals surface area (Å²) in [5.41, 5.74) is 3.56. The molecule has 1 amide bonds. The summed E-state index contributed by atoms with van der Waals surface area (Å²) in [6.07, 6.45) is 4.95. The van der Waals surface area contributed by atoms with Crippen LogP contribution in [0.4, 0.5) is 0 Å². The summed E-state index contributed by atoms with van der Waals surface area (Å²) in [6, 6.07) is 11.2. The van der Waals surface area contributed by atoms with E-state index in [-0.39, 0.29) is 5.91 Å². The van der Waals surface area contributed by atoms with Gasteiger partial charge < -0.3 is 9.32 Å². The molecule has 2 heterocycles. The van der Waals surface area contributed by atoms with E-state index in [0.717, 1.165) is 16.8 Å². The predicted octanol–water partition coefficient (Wildman–Crippen LogP) is 2.94. The lowest BCUT2D eigenvalue weighted by molar-refractivity contribution is 0.0785. The average molecular weight is 281 g/mol. The van der Waals surface area contributed by atoms with Gasteiger partial charge in [-0.2, -0.15) is 5.10 Å². The van der Waals surface area contributed by atoms with Gasteiger partial charge >= 0.3 is 0 Å². The molecule has 106 valence electrons. The standard InChI is InChI=1S/C16H15N3O2/c1-19(10-12-7-9-21-11-12)16(20)14-4-2-13(3-5-14)15-6-8-17-18-15/h2-9,11H,10H2,1H3,(H,17,18). The van der Waals surface area contributed by atoms with Crippen LogP contribution < -0.4 is 0 Å². The Bertz CT molecular complexity index is 701. The minimum Gasteiger partial charge on any atom is -0.472 e. The Hall–Kier alpha value is -2.82. The summed E-state index contributed by atoms with van der Waals surface area (Å²) in [7, 11) is 1.78. The maximum absolute atomic E-state index is 12.3. The van der Waals surface area contributed by atoms with Crippen LogP contribution in [0.25, 0.3) is 11.3 Å². The number of aromatic amines is 1. The van der Waals surface area contributed by atoms with Gasteiger partial charge in [0.2, 0.25) is 0 Å². The average Bonchev–Trinajstić information content (AvgIpc) is 3.20. The molecule has 0 spiro atoms. The molecule has 0 saturated heterocycles. The van der Waals surface area contributed by atoms with Crippen LogP contribution in [0.15, 0.2) is 59.5 Å². The Morgan fingerprint density at radius 1 is 1.24 bits per heavy atom. The van der Waals surface area contributed by atoms with Crippen LogP contribution in [0, 0.1) is 0 Å². The summed E-state index contributed by atoms with van der Waals surface area (Å²) >= 11 is 0. The number of hydrogen-bond acceptors (Lipinski definition) is 3. The number of aromatic nitrogens is 2. The number of rotatable bonds is 4. The molecule has 0 aliphatic heterocycles. The van der Waals surface area contributed by atoms with Crippen molar-refractivity contribution in [3.05, 3.63) is 66.2 Å². The molecule has 0 bridgehead atoms. The van der Waals surface area contributed by atoms with Crippen molar-refractivity contribution >= 4 is 5.91 Å². The first-order valence-corrected chi connectivity index (χ1v) is 6.60. The third-order valence-corrected chi connectivity index (χ3v) is 3.29. The highest BCUT2D eigenvalue weighted by Crippen LogP contribution is 2.17. The first-order chi connectivity index (χ1) is 10.2. The van der Waals surface area contributed by atoms with Crippen LogP contribution in [0.5, 0.6) is 0 Å². The van der Waals surface area contributed by atoms with E-state index in [1.165, 1.54) is 0 Å². The van der Waals surface area contributed by atoms with Crippen LogP contribution in [0.2, 0.25) is 0 Å². The summed E-state index contributed by atoms with van der Waals surface area (Å²) in [6.45, 7) is 0.525. The van der Waals surface area contributed by atoms with Gasteiger partial charge in [0, 0.05) is 30.9 Å². The second-order valence-electron chi connectivity index (χ2n) is 4.84. The number of carbonyl (C=O) groups excluding carboxylic acids is 1. The van der Waals surface area contributed by atoms with E-state index in [1.807, 2.05) is 36.4 Å². The van der Waals surface area contributed by atoms with Crippen molar-refractivity contribution in [1.82, 2.24) is 15.1 Å². The monoisotopic (exact) mass is 281 g/mol. The largest absolute Gasteiger partial charge is 0.472 e. The lowest BCUT2D eigenvalue weighted by Crippen LogP contribution is -2.25. The zero-order chi connectivity index (χ0) is 14.7. The normalized spacial score (nSPS) is 10.5. The van der Waals surface area contributed by atoms with E-state index in [9.17, 15) is 4.79 Å². The number of hydrogen-bond donors (Lipinski definition) is 1. The molecule has 1 N–H and O–H groups in total. The van der Waals surface area contributed by atoms with Crippen molar-refractivity contribution in [3.8, 4) is 11.3 Å². The lowest BCUT2D eigenvalue weighted by atomic mass is 10.1. The van der Waals surface area contributed by atoms with Gasteiger partial charge in [0.05, 0.1) is 18.2 Å². The number of benzene rings is 1. The fourth-order valence-electron chi connectivity index (χ4n) is 2.16. The van der Waals surface area contributed by atoms with Gasteiger partial charge in [-0.3, -0.25) is 9.89 Å². The van der Waals surface area contributed by atoms with Gasteiger partial charge in [0.1, 0.15) is 0 Å². The van der Waals surface area contributed by atoms with Gasteiger partial charge in [-0.1, -0.05) is 12.1 Å². The third-order valence-electron chi connectivity index (χ3n) is 3.29. The zero-order valence-electron chi connectivity index (χ0n) is 11.6. The SMILES string of the molecule is CN(Cc1ccoc1)C(=O)c1ccc(-c2ccn[nH]2)cc1. The Morgan fingerprint density at radius 3 is 2.67 bits per heavy atom. The van der Waals surface area contributed by atoms with Crippen molar-refractivity contribution < 1.29 is 9.21 Å². The van der Waals surface area contributed by atoms with E-state index >= 15 is 0 Å². The van der Waals surface area contributed by atoms with E-state index < -0.39 is 0 Å². The summed E-state index contributed by atoms with van der Waals surface area (Å²) in [4.78, 5) is 14.0. The predicted molar refractivity (Wildman–Crippen MR) is 78.5 cm³/mol. The van der Waals surface area contributed by atoms with E-state index in [0.29, 0.717) is 12.1 Å². The molecule has 0 aliphatic carbocycles. The number of furan rings is 1. The summed E-state index contributed by atoms with van der Waals surface area (Å²) < 4.78 is 5.01. The number of amides is 1. The highest BCUT2D eigenvalue weighted by atomic mass is 16.3. The number of nitrogens with zero attached hydrogens (tertiary/aromatic N) is 2. The first-order valence-electron chi connectivity index (χ1n) is 6.60. The van der Waals surface area contributed by atoms with Gasteiger partial charge in [-0.05, 0) is 29.8 Å². The Labute approximate surface area is 122 Å². The van der Waals surface area contributed by atoms with Crippen LogP contribution in [-0.4, -0.2) is 28.1 Å². The van der Waals surface area contributed by atoms with Gasteiger partial charge in [0.25, 0.3) is 5.91 Å². The molecule has 2 aromatic heterocycles. The summed E-state index contributed by atoms with van der Waals surface area (Å²) in [5.74, 6) is -0.0210. The molecule has 0 aliphatic rings. The molecule has 3 rings (SSSR count). The highest BCUT2D eigenvalue weighted by molar-refractivity contribution is 5.94. The van der Waals surface area contributed by atoms with Crippen molar-refractivity contribution in [2.75, 3.05) is 7.05 Å². The number of carbonyl (C=O) groups is 1. The van der Waals surface area contributed by atoms with Crippen LogP contribution in [0.3, 0.4) is 0 Å². The Morgan fingerprint density at radius 2 is 2.05 bits per heavy atom. The molecule has 21 heavy (non-hydrogen) atoms. The molecule has 0 fully saturated rings. The van der Waals surface area contributed by atoms with E-state index in [2.05, 4.69) is 10.2 Å². The maximum Gasteiger partial charge on any atom is 0.253 e. The molecule has 0 radical (unpaired) electrons. The molecule has 0 saturated carbocycles. The highest BCUT2D eigenvalue weighted by Gasteiger charge is 2.12. The minimum atomic E-state index is -0.0210. The second-order valence-corrected chi connectivity index (χ2v) is 4.84. The Balaban J connectivity index is 1.72. The van der Waals surface area contributed by atoms with Gasteiger partial charge in [-0.15, -0.1) is 0 Å². The van der Waals surface area contributed by atoms with Crippen LogP contribution in [0.1, 0.15) is 15.9 Å². The molecule has 5 nitrogen and oxygen atoms in total. The molecular formula is C16H15N3O2. The summed E-state index contributed by atoms with van der Waals surface area (Å²) in [5, 5.41) is 6.82. The van der Waals surface area contributed by atoms with Gasteiger partial charge in [-0.25, -0.2) is 0 Å². The molecule has 5 heteroatoms. The molecule has 0 atom stereocenters. The van der Waals surface area contributed by atoms with E-state index in [1.54, 1.807) is 30.7 Å². The van der Waals surface area contributed by atoms with Crippen molar-refractivity contribution in [2.24, 2.45) is 0 Å². The number of nitrogens with one attached hydrogen (secondary N) is 1. The smallest absolute Gasteiger partial charge is 0.253 e. The van der Waals surface area contributed by atoms with Gasteiger partial charge in [0.15, 0.2) is 0 Å². The fourth-order valence-corrected chi connectivity index (χ4v) is 2.16. The second kappa shape index (κ2) is 5.66. The topological polar surface area (TPSA) is 62.1 Å². The van der Waals surface area contributed by atoms with Crippen LogP contribution in [-0.2, 0) is 6.54 Å². The lowest BCUT2D eigenvalue weighted by Gasteiger charge is -2.16. The fraction of sp³-hybridized carbons (Fsp3) is 0.125. The van der Waals surface area contributed by atoms with Crippen molar-refractivity contribution in [3.63, 3.8) is 0 Å². The third kappa shape index (κ3) is 2.86. The molecule has 1 aromatic carbocycles. The maximum atomic E-state index is 12.3. The number of H-pyrrole nitrogens is 1. The quantitative estimate of drug-likeness (QED) is 0.799. The zero-order valence-corrected chi connectivity index (χ0v) is 11.6. The molecular weight excluding hydrogens is 266 g/mol.